The monoisotopic (exact) mass is 266 g/mol. The van der Waals surface area contributed by atoms with Crippen LogP contribution in [0.4, 0.5) is 10.1 Å². The van der Waals surface area contributed by atoms with Crippen LogP contribution in [0.15, 0.2) is 18.2 Å². The van der Waals surface area contributed by atoms with Crippen molar-refractivity contribution in [3.05, 3.63) is 35.4 Å². The highest BCUT2D eigenvalue weighted by atomic mass is 19.1. The molecule has 0 bridgehead atoms. The van der Waals surface area contributed by atoms with Gasteiger partial charge in [0.05, 0.1) is 12.7 Å². The number of nitrogens with zero attached hydrogens (tertiary/aromatic N) is 1. The smallest absolute Gasteiger partial charge is 0.222 e. The van der Waals surface area contributed by atoms with E-state index in [0.717, 1.165) is 6.07 Å². The molecule has 3 atom stereocenters. The van der Waals surface area contributed by atoms with E-state index in [0.29, 0.717) is 6.54 Å². The van der Waals surface area contributed by atoms with Crippen LogP contribution >= 0.6 is 0 Å². The maximum absolute atomic E-state index is 13.5. The highest BCUT2D eigenvalue weighted by Gasteiger charge is 2.47. The molecule has 1 heterocycles. The van der Waals surface area contributed by atoms with Crippen molar-refractivity contribution in [1.29, 1.82) is 0 Å². The lowest BCUT2D eigenvalue weighted by Crippen LogP contribution is -2.53. The molecule has 2 rings (SSSR count). The number of hydrogen-bond donors (Lipinski definition) is 3. The van der Waals surface area contributed by atoms with E-state index < -0.39 is 23.6 Å². The first-order valence-electron chi connectivity index (χ1n) is 5.92. The van der Waals surface area contributed by atoms with Crippen LogP contribution in [0.1, 0.15) is 6.92 Å². The van der Waals surface area contributed by atoms with Gasteiger partial charge in [-0.25, -0.2) is 9.24 Å². The minimum absolute atomic E-state index is 0.0808. The lowest BCUT2D eigenvalue weighted by atomic mass is 9.94. The normalized spacial score (nSPS) is 27.8. The van der Waals surface area contributed by atoms with Crippen molar-refractivity contribution >= 4 is 5.69 Å². The van der Waals surface area contributed by atoms with Gasteiger partial charge in [-0.05, 0) is 19.1 Å². The van der Waals surface area contributed by atoms with E-state index in [1.54, 1.807) is 0 Å². The molecule has 0 saturated carbocycles. The molecule has 0 amide bonds. The average molecular weight is 266 g/mol. The summed E-state index contributed by atoms with van der Waals surface area (Å²) in [5.41, 5.74) is -1.49. The SMILES string of the molecule is [C-]#[N+]c1ccc(O[C@H]2CNC[C@@]2(O)[C@@H](C)O)cc1F. The van der Waals surface area contributed by atoms with E-state index >= 15 is 0 Å². The number of β-amino-alcohol motifs (C(OH)–C–C–N with tert-alkyl or cyclic N) is 1. The Bertz CT molecular complexity index is 515. The summed E-state index contributed by atoms with van der Waals surface area (Å²) in [6, 6.07) is 3.90. The van der Waals surface area contributed by atoms with Gasteiger partial charge in [0.25, 0.3) is 0 Å². The third-order valence-electron chi connectivity index (χ3n) is 3.34. The van der Waals surface area contributed by atoms with Crippen LogP contribution in [0.2, 0.25) is 0 Å². The molecule has 1 fully saturated rings. The van der Waals surface area contributed by atoms with Gasteiger partial charge in [-0.3, -0.25) is 0 Å². The first-order chi connectivity index (χ1) is 8.97. The summed E-state index contributed by atoms with van der Waals surface area (Å²) in [6.07, 6.45) is -1.65. The summed E-state index contributed by atoms with van der Waals surface area (Å²) < 4.78 is 19.0. The number of ether oxygens (including phenoxy) is 1. The van der Waals surface area contributed by atoms with Gasteiger partial charge in [0.15, 0.2) is 0 Å². The molecule has 1 aromatic rings. The van der Waals surface area contributed by atoms with Crippen LogP contribution in [0.3, 0.4) is 0 Å². The third-order valence-corrected chi connectivity index (χ3v) is 3.34. The van der Waals surface area contributed by atoms with Crippen LogP contribution in [0.25, 0.3) is 4.85 Å². The molecule has 1 aliphatic rings. The van der Waals surface area contributed by atoms with Crippen LogP contribution < -0.4 is 10.1 Å². The molecule has 1 aromatic carbocycles. The zero-order valence-corrected chi connectivity index (χ0v) is 10.4. The van der Waals surface area contributed by atoms with E-state index in [1.165, 1.54) is 19.1 Å². The second-order valence-electron chi connectivity index (χ2n) is 4.63. The highest BCUT2D eigenvalue weighted by Crippen LogP contribution is 2.28. The van der Waals surface area contributed by atoms with Crippen LogP contribution in [-0.2, 0) is 0 Å². The zero-order valence-electron chi connectivity index (χ0n) is 10.4. The molecule has 19 heavy (non-hydrogen) atoms. The number of benzene rings is 1. The fraction of sp³-hybridized carbons (Fsp3) is 0.462. The Labute approximate surface area is 110 Å². The minimum atomic E-state index is -1.41. The van der Waals surface area contributed by atoms with Crippen molar-refractivity contribution in [2.24, 2.45) is 0 Å². The Morgan fingerprint density at radius 1 is 1.63 bits per heavy atom. The van der Waals surface area contributed by atoms with Crippen LogP contribution in [0, 0.1) is 12.4 Å². The van der Waals surface area contributed by atoms with E-state index in [2.05, 4.69) is 10.2 Å². The van der Waals surface area contributed by atoms with Gasteiger partial charge in [-0.1, -0.05) is 0 Å². The molecule has 0 unspecified atom stereocenters. The minimum Gasteiger partial charge on any atom is -0.486 e. The lowest BCUT2D eigenvalue weighted by molar-refractivity contribution is -0.103. The summed E-state index contributed by atoms with van der Waals surface area (Å²) in [5, 5.41) is 22.8. The average Bonchev–Trinajstić information content (AvgIpc) is 2.73. The number of nitrogens with one attached hydrogen (secondary N) is 1. The molecule has 0 aromatic heterocycles. The first-order valence-corrected chi connectivity index (χ1v) is 5.92. The van der Waals surface area contributed by atoms with Crippen molar-refractivity contribution in [2.45, 2.75) is 24.7 Å². The molecule has 0 spiro atoms. The zero-order chi connectivity index (χ0) is 14.0. The van der Waals surface area contributed by atoms with Crippen molar-refractivity contribution in [2.75, 3.05) is 13.1 Å². The number of aliphatic hydroxyl groups excluding tert-OH is 1. The Hall–Kier alpha value is -1.68. The van der Waals surface area contributed by atoms with Crippen LogP contribution in [-0.4, -0.2) is 41.1 Å². The predicted octanol–water partition coefficient (Wildman–Crippen LogP) is 0.839. The standard InChI is InChI=1S/C13H15FN2O3/c1-8(17)13(18)7-16-6-12(13)19-9-3-4-11(15-2)10(14)5-9/h3-5,8,12,16-18H,6-7H2,1H3/t8-,12+,13-/m1/s1. The van der Waals surface area contributed by atoms with Gasteiger partial charge in [0.1, 0.15) is 23.3 Å². The Balaban J connectivity index is 2.18. The highest BCUT2D eigenvalue weighted by molar-refractivity contribution is 5.48. The summed E-state index contributed by atoms with van der Waals surface area (Å²) >= 11 is 0. The van der Waals surface area contributed by atoms with Crippen molar-refractivity contribution in [3.63, 3.8) is 0 Å². The second-order valence-corrected chi connectivity index (χ2v) is 4.63. The van der Waals surface area contributed by atoms with Crippen LogP contribution in [0.5, 0.6) is 5.75 Å². The maximum atomic E-state index is 13.5. The van der Waals surface area contributed by atoms with Gasteiger partial charge in [-0.2, -0.15) is 0 Å². The van der Waals surface area contributed by atoms with E-state index in [1.807, 2.05) is 0 Å². The summed E-state index contributed by atoms with van der Waals surface area (Å²) in [5.74, 6) is -0.447. The van der Waals surface area contributed by atoms with Gasteiger partial charge in [-0.15, -0.1) is 0 Å². The molecule has 6 heteroatoms. The van der Waals surface area contributed by atoms with Crippen molar-refractivity contribution < 1.29 is 19.3 Å². The number of halogens is 1. The lowest BCUT2D eigenvalue weighted by Gasteiger charge is -2.31. The molecular formula is C13H15FN2O3. The fourth-order valence-corrected chi connectivity index (χ4v) is 2.07. The summed E-state index contributed by atoms with van der Waals surface area (Å²) in [4.78, 5) is 3.02. The Morgan fingerprint density at radius 3 is 2.95 bits per heavy atom. The predicted molar refractivity (Wildman–Crippen MR) is 66.6 cm³/mol. The quantitative estimate of drug-likeness (QED) is 0.709. The fourth-order valence-electron chi connectivity index (χ4n) is 2.07. The third kappa shape index (κ3) is 2.54. The van der Waals surface area contributed by atoms with Gasteiger partial charge in [0.2, 0.25) is 5.69 Å². The summed E-state index contributed by atoms with van der Waals surface area (Å²) in [6.45, 7) is 8.80. The molecule has 0 radical (unpaired) electrons. The van der Waals surface area contributed by atoms with Gasteiger partial charge >= 0.3 is 0 Å². The molecule has 3 N–H and O–H groups in total. The number of rotatable bonds is 3. The molecule has 1 aliphatic heterocycles. The van der Waals surface area contributed by atoms with E-state index in [-0.39, 0.29) is 18.0 Å². The molecule has 102 valence electrons. The second kappa shape index (κ2) is 5.13. The Morgan fingerprint density at radius 2 is 2.37 bits per heavy atom. The molecule has 0 aliphatic carbocycles. The molecule has 1 saturated heterocycles. The van der Waals surface area contributed by atoms with Gasteiger partial charge < -0.3 is 20.3 Å². The number of aliphatic hydroxyl groups is 2. The molecule has 5 nitrogen and oxygen atoms in total. The number of hydrogen-bond acceptors (Lipinski definition) is 4. The topological polar surface area (TPSA) is 66.1 Å². The Kier molecular flexibility index (Phi) is 3.71. The first kappa shape index (κ1) is 13.7. The maximum Gasteiger partial charge on any atom is 0.222 e. The van der Waals surface area contributed by atoms with E-state index in [4.69, 9.17) is 11.3 Å². The van der Waals surface area contributed by atoms with Gasteiger partial charge in [0, 0.05) is 19.2 Å². The van der Waals surface area contributed by atoms with Crippen molar-refractivity contribution in [3.8, 4) is 5.75 Å². The largest absolute Gasteiger partial charge is 0.486 e. The summed E-state index contributed by atoms with van der Waals surface area (Å²) in [7, 11) is 0. The van der Waals surface area contributed by atoms with E-state index in [9.17, 15) is 14.6 Å². The molecular weight excluding hydrogens is 251 g/mol. The van der Waals surface area contributed by atoms with Crippen molar-refractivity contribution in [1.82, 2.24) is 5.32 Å².